The SMILES string of the molecule is CCCC1CCCCN1CC(N)(CO)C1CC1. The van der Waals surface area contributed by atoms with Crippen LogP contribution in [0.4, 0.5) is 0 Å². The van der Waals surface area contributed by atoms with Gasteiger partial charge >= 0.3 is 0 Å². The van der Waals surface area contributed by atoms with E-state index in [4.69, 9.17) is 5.73 Å². The molecule has 0 spiro atoms. The zero-order valence-corrected chi connectivity index (χ0v) is 11.2. The first-order valence-electron chi connectivity index (χ1n) is 7.33. The van der Waals surface area contributed by atoms with Crippen LogP contribution in [-0.2, 0) is 0 Å². The zero-order valence-electron chi connectivity index (χ0n) is 11.2. The van der Waals surface area contributed by atoms with Crippen LogP contribution in [0.1, 0.15) is 51.9 Å². The molecule has 0 aromatic heterocycles. The van der Waals surface area contributed by atoms with Gasteiger partial charge in [0.05, 0.1) is 12.1 Å². The van der Waals surface area contributed by atoms with Crippen molar-refractivity contribution in [2.75, 3.05) is 19.7 Å². The van der Waals surface area contributed by atoms with Crippen molar-refractivity contribution < 1.29 is 5.11 Å². The summed E-state index contributed by atoms with van der Waals surface area (Å²) in [6.45, 7) is 4.48. The second kappa shape index (κ2) is 5.68. The topological polar surface area (TPSA) is 49.5 Å². The van der Waals surface area contributed by atoms with Crippen molar-refractivity contribution in [3.63, 3.8) is 0 Å². The Kier molecular flexibility index (Phi) is 4.45. The van der Waals surface area contributed by atoms with E-state index in [0.717, 1.165) is 6.54 Å². The average Bonchev–Trinajstić information content (AvgIpc) is 3.16. The molecule has 2 aliphatic rings. The number of aliphatic hydroxyl groups excluding tert-OH is 1. The Morgan fingerprint density at radius 2 is 2.06 bits per heavy atom. The summed E-state index contributed by atoms with van der Waals surface area (Å²) in [4.78, 5) is 2.56. The van der Waals surface area contributed by atoms with E-state index in [1.165, 1.54) is 51.5 Å². The van der Waals surface area contributed by atoms with Crippen molar-refractivity contribution in [1.29, 1.82) is 0 Å². The molecular formula is C14H28N2O. The molecule has 1 aliphatic carbocycles. The van der Waals surface area contributed by atoms with E-state index < -0.39 is 0 Å². The van der Waals surface area contributed by atoms with E-state index in [0.29, 0.717) is 12.0 Å². The molecule has 1 heterocycles. The number of aliphatic hydroxyl groups is 1. The van der Waals surface area contributed by atoms with Crippen molar-refractivity contribution in [1.82, 2.24) is 4.90 Å². The molecule has 2 fully saturated rings. The molecule has 1 saturated carbocycles. The summed E-state index contributed by atoms with van der Waals surface area (Å²) in [5.41, 5.74) is 6.07. The van der Waals surface area contributed by atoms with Crippen LogP contribution in [0, 0.1) is 5.92 Å². The van der Waals surface area contributed by atoms with Gasteiger partial charge in [-0.1, -0.05) is 19.8 Å². The van der Waals surface area contributed by atoms with Crippen molar-refractivity contribution in [3.8, 4) is 0 Å². The van der Waals surface area contributed by atoms with Crippen LogP contribution >= 0.6 is 0 Å². The molecule has 17 heavy (non-hydrogen) atoms. The molecule has 1 saturated heterocycles. The molecule has 0 aromatic rings. The maximum Gasteiger partial charge on any atom is 0.0626 e. The zero-order chi connectivity index (χ0) is 12.3. The summed E-state index contributed by atoms with van der Waals surface area (Å²) in [6, 6.07) is 0.710. The lowest BCUT2D eigenvalue weighted by atomic mass is 9.91. The Hall–Kier alpha value is -0.120. The first kappa shape index (κ1) is 13.3. The fourth-order valence-corrected chi connectivity index (χ4v) is 3.27. The molecule has 2 rings (SSSR count). The van der Waals surface area contributed by atoms with Gasteiger partial charge in [0.2, 0.25) is 0 Å². The van der Waals surface area contributed by atoms with Crippen LogP contribution < -0.4 is 5.73 Å². The number of nitrogens with two attached hydrogens (primary N) is 1. The van der Waals surface area contributed by atoms with Crippen LogP contribution in [0.5, 0.6) is 0 Å². The van der Waals surface area contributed by atoms with E-state index >= 15 is 0 Å². The summed E-state index contributed by atoms with van der Waals surface area (Å²) < 4.78 is 0. The number of rotatable bonds is 6. The summed E-state index contributed by atoms with van der Waals surface area (Å²) >= 11 is 0. The highest BCUT2D eigenvalue weighted by atomic mass is 16.3. The van der Waals surface area contributed by atoms with Gasteiger partial charge in [0, 0.05) is 12.6 Å². The highest BCUT2D eigenvalue weighted by Gasteiger charge is 2.43. The molecule has 3 heteroatoms. The van der Waals surface area contributed by atoms with Gasteiger partial charge in [0.1, 0.15) is 0 Å². The fourth-order valence-electron chi connectivity index (χ4n) is 3.27. The van der Waals surface area contributed by atoms with E-state index in [2.05, 4.69) is 11.8 Å². The van der Waals surface area contributed by atoms with Crippen LogP contribution in [0.25, 0.3) is 0 Å². The molecule has 2 atom stereocenters. The van der Waals surface area contributed by atoms with Gasteiger partial charge in [-0.2, -0.15) is 0 Å². The summed E-state index contributed by atoms with van der Waals surface area (Å²) in [7, 11) is 0. The third-order valence-corrected chi connectivity index (χ3v) is 4.55. The lowest BCUT2D eigenvalue weighted by Gasteiger charge is -2.41. The van der Waals surface area contributed by atoms with Gasteiger partial charge in [-0.3, -0.25) is 4.90 Å². The minimum atomic E-state index is -0.330. The van der Waals surface area contributed by atoms with Crippen molar-refractivity contribution in [2.24, 2.45) is 11.7 Å². The molecule has 0 bridgehead atoms. The van der Waals surface area contributed by atoms with Gasteiger partial charge in [-0.25, -0.2) is 0 Å². The van der Waals surface area contributed by atoms with Crippen LogP contribution in [0.3, 0.4) is 0 Å². The maximum atomic E-state index is 9.59. The number of nitrogens with zero attached hydrogens (tertiary/aromatic N) is 1. The Bertz CT molecular complexity index is 240. The van der Waals surface area contributed by atoms with Gasteiger partial charge in [-0.15, -0.1) is 0 Å². The Labute approximate surface area is 105 Å². The lowest BCUT2D eigenvalue weighted by Crippen LogP contribution is -2.57. The van der Waals surface area contributed by atoms with Crippen molar-refractivity contribution in [2.45, 2.75) is 63.5 Å². The Balaban J connectivity index is 1.94. The molecule has 3 N–H and O–H groups in total. The normalized spacial score (nSPS) is 30.2. The second-order valence-corrected chi connectivity index (χ2v) is 6.07. The smallest absolute Gasteiger partial charge is 0.0626 e. The maximum absolute atomic E-state index is 9.59. The third kappa shape index (κ3) is 3.21. The Morgan fingerprint density at radius 1 is 1.29 bits per heavy atom. The largest absolute Gasteiger partial charge is 0.394 e. The summed E-state index contributed by atoms with van der Waals surface area (Å²) in [6.07, 6.45) is 8.94. The standard InChI is InChI=1S/C14H28N2O/c1-2-5-13-6-3-4-9-16(13)10-14(15,11-17)12-7-8-12/h12-13,17H,2-11,15H2,1H3. The van der Waals surface area contributed by atoms with Crippen molar-refractivity contribution in [3.05, 3.63) is 0 Å². The van der Waals surface area contributed by atoms with Crippen LogP contribution in [0.2, 0.25) is 0 Å². The number of hydrogen-bond acceptors (Lipinski definition) is 3. The molecule has 2 unspecified atom stereocenters. The fraction of sp³-hybridized carbons (Fsp3) is 1.00. The molecular weight excluding hydrogens is 212 g/mol. The van der Waals surface area contributed by atoms with Gasteiger partial charge < -0.3 is 10.8 Å². The van der Waals surface area contributed by atoms with Crippen LogP contribution in [0.15, 0.2) is 0 Å². The van der Waals surface area contributed by atoms with E-state index in [9.17, 15) is 5.11 Å². The van der Waals surface area contributed by atoms with E-state index in [1.807, 2.05) is 0 Å². The third-order valence-electron chi connectivity index (χ3n) is 4.55. The number of likely N-dealkylation sites (tertiary alicyclic amines) is 1. The molecule has 0 radical (unpaired) electrons. The first-order chi connectivity index (χ1) is 8.19. The monoisotopic (exact) mass is 240 g/mol. The molecule has 100 valence electrons. The van der Waals surface area contributed by atoms with Gasteiger partial charge in [-0.05, 0) is 44.6 Å². The van der Waals surface area contributed by atoms with Gasteiger partial charge in [0.15, 0.2) is 0 Å². The molecule has 0 amide bonds. The molecule has 0 aromatic carbocycles. The summed E-state index contributed by atoms with van der Waals surface area (Å²) in [5.74, 6) is 0.566. The predicted molar refractivity (Wildman–Crippen MR) is 70.8 cm³/mol. The number of hydrogen-bond donors (Lipinski definition) is 2. The highest BCUT2D eigenvalue weighted by Crippen LogP contribution is 2.39. The Morgan fingerprint density at radius 3 is 2.65 bits per heavy atom. The minimum absolute atomic E-state index is 0.146. The molecule has 1 aliphatic heterocycles. The molecule has 3 nitrogen and oxygen atoms in total. The second-order valence-electron chi connectivity index (χ2n) is 6.07. The van der Waals surface area contributed by atoms with E-state index in [-0.39, 0.29) is 12.1 Å². The van der Waals surface area contributed by atoms with Crippen LogP contribution in [-0.4, -0.2) is 41.3 Å². The minimum Gasteiger partial charge on any atom is -0.394 e. The average molecular weight is 240 g/mol. The van der Waals surface area contributed by atoms with Crippen molar-refractivity contribution >= 4 is 0 Å². The quantitative estimate of drug-likeness (QED) is 0.743. The van der Waals surface area contributed by atoms with Gasteiger partial charge in [0.25, 0.3) is 0 Å². The predicted octanol–water partition coefficient (Wildman–Crippen LogP) is 1.74. The highest BCUT2D eigenvalue weighted by molar-refractivity contribution is 5.01. The first-order valence-corrected chi connectivity index (χ1v) is 7.33. The number of piperidine rings is 1. The lowest BCUT2D eigenvalue weighted by molar-refractivity contribution is 0.0706. The van der Waals surface area contributed by atoms with E-state index in [1.54, 1.807) is 0 Å². The summed E-state index contributed by atoms with van der Waals surface area (Å²) in [5, 5.41) is 9.59.